The van der Waals surface area contributed by atoms with Crippen LogP contribution in [0.5, 0.6) is 0 Å². The highest BCUT2D eigenvalue weighted by Crippen LogP contribution is 2.40. The predicted molar refractivity (Wildman–Crippen MR) is 65.5 cm³/mol. The average molecular weight is 319 g/mol. The van der Waals surface area contributed by atoms with Crippen molar-refractivity contribution < 1.29 is 21.8 Å². The van der Waals surface area contributed by atoms with Crippen molar-refractivity contribution >= 4 is 10.8 Å². The van der Waals surface area contributed by atoms with Gasteiger partial charge < -0.3 is 0 Å². The average Bonchev–Trinajstić information content (AvgIpc) is 2.99. The number of nitrogens with zero attached hydrogens (tertiary/aromatic N) is 3. The molecular formula is C12H9F4N3OS. The van der Waals surface area contributed by atoms with E-state index in [-0.39, 0.29) is 12.2 Å². The van der Waals surface area contributed by atoms with Crippen LogP contribution in [0.1, 0.15) is 30.0 Å². The summed E-state index contributed by atoms with van der Waals surface area (Å²) < 4.78 is 63.6. The molecule has 2 aromatic rings. The third-order valence-electron chi connectivity index (χ3n) is 3.20. The summed E-state index contributed by atoms with van der Waals surface area (Å²) >= 11 is 0. The smallest absolute Gasteiger partial charge is 0.242 e. The molecule has 1 aromatic carbocycles. The van der Waals surface area contributed by atoms with Gasteiger partial charge in [-0.2, -0.15) is 13.2 Å². The molecule has 21 heavy (non-hydrogen) atoms. The van der Waals surface area contributed by atoms with Crippen LogP contribution in [0.3, 0.4) is 0 Å². The van der Waals surface area contributed by atoms with E-state index in [0.29, 0.717) is 5.56 Å². The number of halogens is 4. The van der Waals surface area contributed by atoms with Gasteiger partial charge in [-0.15, -0.1) is 5.10 Å². The molecule has 0 bridgehead atoms. The SMILES string of the molecule is O=[S@@](c1nc2n(n1)C(c1ccccc1)CC2F)C(F)(F)F. The van der Waals surface area contributed by atoms with Gasteiger partial charge in [0.25, 0.3) is 0 Å². The lowest BCUT2D eigenvalue weighted by molar-refractivity contribution is -0.0388. The maximum atomic E-state index is 13.9. The number of alkyl halides is 4. The van der Waals surface area contributed by atoms with Crippen LogP contribution < -0.4 is 0 Å². The molecule has 0 spiro atoms. The number of rotatable bonds is 2. The van der Waals surface area contributed by atoms with Crippen molar-refractivity contribution in [2.24, 2.45) is 0 Å². The van der Waals surface area contributed by atoms with Gasteiger partial charge in [-0.3, -0.25) is 0 Å². The van der Waals surface area contributed by atoms with Crippen LogP contribution >= 0.6 is 0 Å². The molecule has 9 heteroatoms. The molecule has 0 saturated carbocycles. The quantitative estimate of drug-likeness (QED) is 0.800. The number of fused-ring (bicyclic) bond motifs is 1. The van der Waals surface area contributed by atoms with Crippen molar-refractivity contribution in [3.8, 4) is 0 Å². The molecule has 1 aliphatic rings. The van der Waals surface area contributed by atoms with Crippen molar-refractivity contribution in [1.82, 2.24) is 14.8 Å². The summed E-state index contributed by atoms with van der Waals surface area (Å²) in [5, 5.41) is 2.71. The minimum absolute atomic E-state index is 0.0538. The van der Waals surface area contributed by atoms with Crippen molar-refractivity contribution in [1.29, 1.82) is 0 Å². The van der Waals surface area contributed by atoms with Gasteiger partial charge in [-0.25, -0.2) is 18.3 Å². The number of aromatic nitrogens is 3. The second-order valence-electron chi connectivity index (χ2n) is 4.54. The molecule has 2 heterocycles. The van der Waals surface area contributed by atoms with Crippen LogP contribution in [0.2, 0.25) is 0 Å². The molecule has 0 aliphatic carbocycles. The molecule has 3 rings (SSSR count). The Hall–Kier alpha value is -1.77. The number of benzene rings is 1. The summed E-state index contributed by atoms with van der Waals surface area (Å²) in [5.74, 6) is -0.212. The highest BCUT2D eigenvalue weighted by atomic mass is 32.2. The van der Waals surface area contributed by atoms with Crippen molar-refractivity contribution in [2.45, 2.75) is 29.3 Å². The molecule has 1 aromatic heterocycles. The van der Waals surface area contributed by atoms with E-state index in [1.807, 2.05) is 0 Å². The molecule has 0 fully saturated rings. The van der Waals surface area contributed by atoms with Crippen LogP contribution in [0.25, 0.3) is 0 Å². The van der Waals surface area contributed by atoms with Gasteiger partial charge in [-0.1, -0.05) is 30.3 Å². The van der Waals surface area contributed by atoms with E-state index in [2.05, 4.69) is 10.1 Å². The summed E-state index contributed by atoms with van der Waals surface area (Å²) in [6.07, 6.45) is -1.47. The third-order valence-corrected chi connectivity index (χ3v) is 4.13. The lowest BCUT2D eigenvalue weighted by Crippen LogP contribution is -2.18. The highest BCUT2D eigenvalue weighted by Gasteiger charge is 2.43. The summed E-state index contributed by atoms with van der Waals surface area (Å²) in [7, 11) is -3.35. The first-order valence-electron chi connectivity index (χ1n) is 6.02. The standard InChI is InChI=1S/C12H9F4N3OS/c13-8-6-9(7-4-2-1-3-5-7)19-10(8)17-11(18-19)21(20)12(14,15)16/h1-5,8-9H,6H2/t8?,9?,21-/m0/s1. The molecule has 4 nitrogen and oxygen atoms in total. The Balaban J connectivity index is 2.01. The molecule has 0 radical (unpaired) electrons. The van der Waals surface area contributed by atoms with E-state index in [0.717, 1.165) is 4.68 Å². The van der Waals surface area contributed by atoms with Crippen LogP contribution in [0.15, 0.2) is 35.5 Å². The van der Waals surface area contributed by atoms with Crippen molar-refractivity contribution in [3.05, 3.63) is 41.7 Å². The Kier molecular flexibility index (Phi) is 3.31. The lowest BCUT2D eigenvalue weighted by Gasteiger charge is -2.11. The first-order valence-corrected chi connectivity index (χ1v) is 7.17. The molecule has 0 saturated heterocycles. The Bertz CT molecular complexity index is 686. The summed E-state index contributed by atoms with van der Waals surface area (Å²) in [4.78, 5) is 3.47. The van der Waals surface area contributed by atoms with Gasteiger partial charge in [0.05, 0.1) is 6.04 Å². The summed E-state index contributed by atoms with van der Waals surface area (Å²) in [5.41, 5.74) is -4.25. The Labute approximate surface area is 119 Å². The van der Waals surface area contributed by atoms with Gasteiger partial charge in [0.15, 0.2) is 22.8 Å². The Morgan fingerprint density at radius 2 is 1.90 bits per heavy atom. The molecule has 0 amide bonds. The van der Waals surface area contributed by atoms with E-state index >= 15 is 0 Å². The maximum Gasteiger partial charge on any atom is 0.479 e. The molecule has 2 unspecified atom stereocenters. The molecule has 0 N–H and O–H groups in total. The number of hydrogen-bond donors (Lipinski definition) is 0. The fraction of sp³-hybridized carbons (Fsp3) is 0.333. The van der Waals surface area contributed by atoms with Crippen LogP contribution in [0.4, 0.5) is 17.6 Å². The van der Waals surface area contributed by atoms with Gasteiger partial charge in [0.2, 0.25) is 5.16 Å². The van der Waals surface area contributed by atoms with Crippen LogP contribution in [-0.2, 0) is 10.8 Å². The minimum atomic E-state index is -4.96. The zero-order chi connectivity index (χ0) is 15.2. The zero-order valence-electron chi connectivity index (χ0n) is 10.4. The monoisotopic (exact) mass is 319 g/mol. The second-order valence-corrected chi connectivity index (χ2v) is 5.91. The van der Waals surface area contributed by atoms with E-state index < -0.39 is 33.7 Å². The summed E-state index contributed by atoms with van der Waals surface area (Å²) in [6.45, 7) is 0. The highest BCUT2D eigenvalue weighted by molar-refractivity contribution is 7.85. The topological polar surface area (TPSA) is 47.8 Å². The predicted octanol–water partition coefficient (Wildman–Crippen LogP) is 2.91. The zero-order valence-corrected chi connectivity index (χ0v) is 11.2. The fourth-order valence-electron chi connectivity index (χ4n) is 2.29. The first-order chi connectivity index (χ1) is 9.88. The second kappa shape index (κ2) is 4.90. The van der Waals surface area contributed by atoms with E-state index in [1.165, 1.54) is 0 Å². The molecule has 1 aliphatic heterocycles. The van der Waals surface area contributed by atoms with Gasteiger partial charge >= 0.3 is 5.51 Å². The van der Waals surface area contributed by atoms with Gasteiger partial charge in [0, 0.05) is 6.42 Å². The van der Waals surface area contributed by atoms with E-state index in [1.54, 1.807) is 30.3 Å². The maximum absolute atomic E-state index is 13.9. The summed E-state index contributed by atoms with van der Waals surface area (Å²) in [6, 6.07) is 8.18. The van der Waals surface area contributed by atoms with Gasteiger partial charge in [-0.05, 0) is 5.56 Å². The van der Waals surface area contributed by atoms with Crippen molar-refractivity contribution in [2.75, 3.05) is 0 Å². The van der Waals surface area contributed by atoms with E-state index in [9.17, 15) is 21.8 Å². The van der Waals surface area contributed by atoms with Crippen LogP contribution in [0, 0.1) is 0 Å². The largest absolute Gasteiger partial charge is 0.479 e. The Morgan fingerprint density at radius 3 is 2.52 bits per heavy atom. The Morgan fingerprint density at radius 1 is 1.24 bits per heavy atom. The number of hydrogen-bond acceptors (Lipinski definition) is 3. The minimum Gasteiger partial charge on any atom is -0.242 e. The van der Waals surface area contributed by atoms with Crippen LogP contribution in [-0.4, -0.2) is 24.5 Å². The third kappa shape index (κ3) is 2.45. The lowest BCUT2D eigenvalue weighted by atomic mass is 10.0. The first kappa shape index (κ1) is 14.2. The molecule has 112 valence electrons. The van der Waals surface area contributed by atoms with E-state index in [4.69, 9.17) is 0 Å². The molecular weight excluding hydrogens is 310 g/mol. The fourth-order valence-corrected chi connectivity index (χ4v) is 2.84. The normalized spacial score (nSPS) is 23.0. The van der Waals surface area contributed by atoms with Gasteiger partial charge in [0.1, 0.15) is 0 Å². The van der Waals surface area contributed by atoms with Crippen molar-refractivity contribution in [3.63, 3.8) is 0 Å². The molecule has 3 atom stereocenters.